The third-order valence-corrected chi connectivity index (χ3v) is 3.25. The van der Waals surface area contributed by atoms with E-state index in [1.807, 2.05) is 13.0 Å². The van der Waals surface area contributed by atoms with E-state index in [4.69, 9.17) is 4.74 Å². The number of nitroso groups, excluding NO2 is 1. The van der Waals surface area contributed by atoms with Gasteiger partial charge < -0.3 is 15.4 Å². The zero-order valence-corrected chi connectivity index (χ0v) is 11.9. The van der Waals surface area contributed by atoms with Crippen LogP contribution in [0.5, 0.6) is 0 Å². The fraction of sp³-hybridized carbons (Fsp3) is 0.429. The van der Waals surface area contributed by atoms with Crippen molar-refractivity contribution in [2.45, 2.75) is 32.0 Å². The predicted molar refractivity (Wildman–Crippen MR) is 75.8 cm³/mol. The lowest BCUT2D eigenvalue weighted by Gasteiger charge is -2.21. The second-order valence-electron chi connectivity index (χ2n) is 4.93. The van der Waals surface area contributed by atoms with E-state index in [1.165, 1.54) is 6.08 Å². The highest BCUT2D eigenvalue weighted by Crippen LogP contribution is 2.21. The van der Waals surface area contributed by atoms with Crippen molar-refractivity contribution in [1.29, 1.82) is 0 Å². The smallest absolute Gasteiger partial charge is 0.286 e. The summed E-state index contributed by atoms with van der Waals surface area (Å²) in [7, 11) is 1.56. The highest BCUT2D eigenvalue weighted by Gasteiger charge is 2.26. The molecule has 0 aromatic rings. The van der Waals surface area contributed by atoms with Crippen molar-refractivity contribution < 1.29 is 14.3 Å². The number of likely N-dealkylation sites (N-methyl/N-ethyl adjacent to an activating group) is 1. The number of hydrogen-bond acceptors (Lipinski definition) is 5. The Morgan fingerprint density at radius 1 is 1.38 bits per heavy atom. The first-order valence-corrected chi connectivity index (χ1v) is 6.64. The molecule has 0 fully saturated rings. The predicted octanol–water partition coefficient (Wildman–Crippen LogP) is 0.890. The van der Waals surface area contributed by atoms with Crippen molar-refractivity contribution in [3.05, 3.63) is 40.0 Å². The molecule has 2 aliphatic rings. The van der Waals surface area contributed by atoms with Gasteiger partial charge in [-0.2, -0.15) is 0 Å². The van der Waals surface area contributed by atoms with Crippen molar-refractivity contribution in [2.24, 2.45) is 5.18 Å². The summed E-state index contributed by atoms with van der Waals surface area (Å²) in [4.78, 5) is 34.1. The fourth-order valence-electron chi connectivity index (χ4n) is 2.31. The van der Waals surface area contributed by atoms with Crippen LogP contribution in [0.1, 0.15) is 19.8 Å². The van der Waals surface area contributed by atoms with Gasteiger partial charge in [-0.15, -0.1) is 4.91 Å². The summed E-state index contributed by atoms with van der Waals surface area (Å²) in [5.41, 5.74) is 1.51. The molecule has 112 valence electrons. The Hall–Kier alpha value is -2.44. The van der Waals surface area contributed by atoms with Gasteiger partial charge in [0.25, 0.3) is 5.91 Å². The molecule has 0 spiro atoms. The van der Waals surface area contributed by atoms with Crippen LogP contribution in [0.2, 0.25) is 0 Å². The van der Waals surface area contributed by atoms with E-state index in [0.717, 1.165) is 5.57 Å². The molecule has 2 amide bonds. The summed E-state index contributed by atoms with van der Waals surface area (Å²) in [6.45, 7) is 1.86. The molecule has 1 aliphatic heterocycles. The van der Waals surface area contributed by atoms with Crippen LogP contribution in [0, 0.1) is 4.91 Å². The molecule has 2 atom stereocenters. The third kappa shape index (κ3) is 3.56. The lowest BCUT2D eigenvalue weighted by molar-refractivity contribution is -0.122. The van der Waals surface area contributed by atoms with E-state index in [9.17, 15) is 14.5 Å². The van der Waals surface area contributed by atoms with E-state index in [1.54, 1.807) is 13.1 Å². The summed E-state index contributed by atoms with van der Waals surface area (Å²) in [6.07, 6.45) is 5.08. The van der Waals surface area contributed by atoms with Gasteiger partial charge in [0.2, 0.25) is 12.1 Å². The number of amides is 2. The van der Waals surface area contributed by atoms with Gasteiger partial charge in [-0.3, -0.25) is 9.59 Å². The number of allylic oxidation sites excluding steroid dienone is 2. The summed E-state index contributed by atoms with van der Waals surface area (Å²) >= 11 is 0. The molecule has 0 saturated heterocycles. The Labute approximate surface area is 122 Å². The third-order valence-electron chi connectivity index (χ3n) is 3.25. The van der Waals surface area contributed by atoms with E-state index >= 15 is 0 Å². The van der Waals surface area contributed by atoms with Crippen molar-refractivity contribution in [3.63, 3.8) is 0 Å². The van der Waals surface area contributed by atoms with E-state index in [0.29, 0.717) is 18.4 Å². The molecular formula is C14H17N3O4. The average molecular weight is 291 g/mol. The van der Waals surface area contributed by atoms with Gasteiger partial charge in [0.15, 0.2) is 5.76 Å². The van der Waals surface area contributed by atoms with Gasteiger partial charge in [-0.05, 0) is 18.2 Å². The Balaban J connectivity index is 1.98. The zero-order valence-electron chi connectivity index (χ0n) is 11.9. The van der Waals surface area contributed by atoms with Gasteiger partial charge in [0, 0.05) is 25.5 Å². The van der Waals surface area contributed by atoms with Crippen LogP contribution in [-0.2, 0) is 14.3 Å². The molecule has 2 N–H and O–H groups in total. The van der Waals surface area contributed by atoms with Gasteiger partial charge in [0.1, 0.15) is 0 Å². The van der Waals surface area contributed by atoms with Crippen LogP contribution in [-0.4, -0.2) is 31.1 Å². The molecule has 0 aromatic heterocycles. The number of nitrogens with one attached hydrogen (secondary N) is 2. The highest BCUT2D eigenvalue weighted by molar-refractivity contribution is 5.95. The Morgan fingerprint density at radius 3 is 2.76 bits per heavy atom. The maximum atomic E-state index is 12.0. The van der Waals surface area contributed by atoms with E-state index < -0.39 is 12.1 Å². The first-order chi connectivity index (χ1) is 10.0. The van der Waals surface area contributed by atoms with Crippen molar-refractivity contribution >= 4 is 11.8 Å². The minimum Gasteiger partial charge on any atom is -0.460 e. The second kappa shape index (κ2) is 6.34. The van der Waals surface area contributed by atoms with Crippen molar-refractivity contribution in [1.82, 2.24) is 10.6 Å². The minimum atomic E-state index is -0.823. The molecule has 0 bridgehead atoms. The second-order valence-corrected chi connectivity index (χ2v) is 4.93. The van der Waals surface area contributed by atoms with Crippen molar-refractivity contribution in [2.75, 3.05) is 7.05 Å². The molecular weight excluding hydrogens is 274 g/mol. The fourth-order valence-corrected chi connectivity index (χ4v) is 2.31. The largest absolute Gasteiger partial charge is 0.460 e. The molecule has 2 unspecified atom stereocenters. The Kier molecular flexibility index (Phi) is 4.52. The maximum Gasteiger partial charge on any atom is 0.286 e. The van der Waals surface area contributed by atoms with Crippen LogP contribution < -0.4 is 10.6 Å². The number of carbonyl (C=O) groups is 2. The monoisotopic (exact) mass is 291 g/mol. The lowest BCUT2D eigenvalue weighted by atomic mass is 9.95. The number of hydrogen-bond donors (Lipinski definition) is 2. The first kappa shape index (κ1) is 15.0. The lowest BCUT2D eigenvalue weighted by Crippen LogP contribution is -2.37. The van der Waals surface area contributed by atoms with Gasteiger partial charge in [-0.1, -0.05) is 17.7 Å². The zero-order chi connectivity index (χ0) is 15.4. The van der Waals surface area contributed by atoms with Crippen LogP contribution in [0.15, 0.2) is 40.3 Å². The molecule has 7 nitrogen and oxygen atoms in total. The summed E-state index contributed by atoms with van der Waals surface area (Å²) in [6, 6.07) is -0.289. The molecule has 0 saturated carbocycles. The molecule has 1 aliphatic carbocycles. The van der Waals surface area contributed by atoms with E-state index in [2.05, 4.69) is 15.8 Å². The van der Waals surface area contributed by atoms with E-state index in [-0.39, 0.29) is 17.7 Å². The number of rotatable bonds is 4. The molecule has 21 heavy (non-hydrogen) atoms. The van der Waals surface area contributed by atoms with Gasteiger partial charge in [0.05, 0.1) is 6.04 Å². The van der Waals surface area contributed by atoms with Crippen LogP contribution in [0.3, 0.4) is 0 Å². The number of carbonyl (C=O) groups excluding carboxylic acids is 2. The molecule has 2 rings (SSSR count). The van der Waals surface area contributed by atoms with Crippen LogP contribution in [0.4, 0.5) is 0 Å². The SMILES string of the molecule is CNC(=O)C1=CC(C)=CC(NC(=O)C2=CCC(N=O)O2)C1. The van der Waals surface area contributed by atoms with Crippen LogP contribution in [0.25, 0.3) is 0 Å². The highest BCUT2D eigenvalue weighted by atomic mass is 16.5. The molecule has 0 aromatic carbocycles. The number of ether oxygens (including phenoxy) is 1. The summed E-state index contributed by atoms with van der Waals surface area (Å²) in [5, 5.41) is 8.09. The Bertz CT molecular complexity index is 563. The van der Waals surface area contributed by atoms with Crippen molar-refractivity contribution in [3.8, 4) is 0 Å². The summed E-state index contributed by atoms with van der Waals surface area (Å²) in [5.74, 6) is -0.474. The first-order valence-electron chi connectivity index (χ1n) is 6.64. The number of nitrogens with zero attached hydrogens (tertiary/aromatic N) is 1. The van der Waals surface area contributed by atoms with Gasteiger partial charge >= 0.3 is 0 Å². The molecule has 7 heteroatoms. The minimum absolute atomic E-state index is 0.0988. The topological polar surface area (TPSA) is 96.9 Å². The standard InChI is InChI=1S/C14H17N3O4/c1-8-5-9(13(18)15-2)7-10(6-8)16-14(19)11-3-4-12(17-20)21-11/h3,5-6,10,12H,4,7H2,1-2H3,(H,15,18)(H,16,19). The molecule has 1 heterocycles. The van der Waals surface area contributed by atoms with Gasteiger partial charge in [-0.25, -0.2) is 0 Å². The Morgan fingerprint density at radius 2 is 2.14 bits per heavy atom. The van der Waals surface area contributed by atoms with Crippen LogP contribution >= 0.6 is 0 Å². The summed E-state index contributed by atoms with van der Waals surface area (Å²) < 4.78 is 5.09. The molecule has 0 radical (unpaired) electrons. The normalized spacial score (nSPS) is 24.2. The quantitative estimate of drug-likeness (QED) is 0.752. The maximum absolute atomic E-state index is 12.0. The average Bonchev–Trinajstić information content (AvgIpc) is 2.94.